The fourth-order valence-corrected chi connectivity index (χ4v) is 0.294. The van der Waals surface area contributed by atoms with Crippen LogP contribution in [0, 0.1) is 5.41 Å². The van der Waals surface area contributed by atoms with Crippen LogP contribution in [0.25, 0.3) is 0 Å². The highest BCUT2D eigenvalue weighted by molar-refractivity contribution is 5.82. The van der Waals surface area contributed by atoms with Crippen LogP contribution in [0.15, 0.2) is 0 Å². The molecule has 0 aliphatic carbocycles. The van der Waals surface area contributed by atoms with Crippen molar-refractivity contribution < 1.29 is 9.90 Å². The van der Waals surface area contributed by atoms with E-state index in [1.54, 1.807) is 20.8 Å². The SMILES string of the molecule is CC(=O)C(C)(C)C(C)O. The monoisotopic (exact) mass is 130 g/mol. The fourth-order valence-electron chi connectivity index (χ4n) is 0.294. The van der Waals surface area contributed by atoms with E-state index in [1.807, 2.05) is 0 Å². The minimum absolute atomic E-state index is 0.0255. The van der Waals surface area contributed by atoms with E-state index < -0.39 is 11.5 Å². The molecule has 0 fully saturated rings. The lowest BCUT2D eigenvalue weighted by Gasteiger charge is -2.23. The summed E-state index contributed by atoms with van der Waals surface area (Å²) in [4.78, 5) is 10.7. The second-order valence-corrected chi connectivity index (χ2v) is 2.95. The Hall–Kier alpha value is -0.370. The highest BCUT2D eigenvalue weighted by atomic mass is 16.3. The number of hydrogen-bond donors (Lipinski definition) is 1. The zero-order valence-corrected chi connectivity index (χ0v) is 6.43. The standard InChI is InChI=1S/C7H14O2/c1-5(8)7(3,4)6(2)9/h5,8H,1-4H3. The molecule has 0 aromatic carbocycles. The van der Waals surface area contributed by atoms with Crippen LogP contribution in [0.4, 0.5) is 0 Å². The predicted octanol–water partition coefficient (Wildman–Crippen LogP) is 0.982. The molecule has 0 bridgehead atoms. The normalized spacial score (nSPS) is 15.2. The third-order valence-electron chi connectivity index (χ3n) is 1.95. The van der Waals surface area contributed by atoms with Crippen molar-refractivity contribution in [3.8, 4) is 0 Å². The van der Waals surface area contributed by atoms with Gasteiger partial charge in [0.15, 0.2) is 0 Å². The first-order valence-corrected chi connectivity index (χ1v) is 3.08. The number of rotatable bonds is 2. The van der Waals surface area contributed by atoms with Crippen molar-refractivity contribution in [3.63, 3.8) is 0 Å². The van der Waals surface area contributed by atoms with E-state index in [0.717, 1.165) is 0 Å². The number of ketones is 1. The Balaban J connectivity index is 4.19. The summed E-state index contributed by atoms with van der Waals surface area (Å²) in [6.07, 6.45) is -0.560. The summed E-state index contributed by atoms with van der Waals surface area (Å²) in [7, 11) is 0. The molecule has 2 nitrogen and oxygen atoms in total. The summed E-state index contributed by atoms with van der Waals surface area (Å²) in [5.74, 6) is 0.0255. The molecule has 2 heteroatoms. The topological polar surface area (TPSA) is 37.3 Å². The Kier molecular flexibility index (Phi) is 2.38. The fraction of sp³-hybridized carbons (Fsp3) is 0.857. The van der Waals surface area contributed by atoms with Crippen molar-refractivity contribution in [2.24, 2.45) is 5.41 Å². The number of aliphatic hydroxyl groups excluding tert-OH is 1. The third kappa shape index (κ3) is 1.79. The first-order valence-electron chi connectivity index (χ1n) is 3.08. The van der Waals surface area contributed by atoms with Crippen molar-refractivity contribution in [2.75, 3.05) is 0 Å². The second-order valence-electron chi connectivity index (χ2n) is 2.95. The Bertz CT molecular complexity index is 114. The van der Waals surface area contributed by atoms with Crippen LogP contribution in [0.1, 0.15) is 27.7 Å². The van der Waals surface area contributed by atoms with Crippen LogP contribution in [-0.4, -0.2) is 17.0 Å². The predicted molar refractivity (Wildman–Crippen MR) is 36.1 cm³/mol. The smallest absolute Gasteiger partial charge is 0.137 e. The molecule has 1 atom stereocenters. The Morgan fingerprint density at radius 1 is 1.56 bits per heavy atom. The second kappa shape index (κ2) is 2.48. The van der Waals surface area contributed by atoms with Crippen molar-refractivity contribution in [1.29, 1.82) is 0 Å². The maximum absolute atomic E-state index is 10.7. The number of aliphatic hydroxyl groups is 1. The largest absolute Gasteiger partial charge is 0.392 e. The lowest BCUT2D eigenvalue weighted by atomic mass is 9.84. The van der Waals surface area contributed by atoms with Crippen LogP contribution < -0.4 is 0 Å². The molecule has 0 spiro atoms. The molecule has 54 valence electrons. The first-order chi connectivity index (χ1) is 3.89. The average Bonchev–Trinajstić information content (AvgIpc) is 1.65. The van der Waals surface area contributed by atoms with Gasteiger partial charge < -0.3 is 5.11 Å². The van der Waals surface area contributed by atoms with Crippen LogP contribution in [0.2, 0.25) is 0 Å². The summed E-state index contributed by atoms with van der Waals surface area (Å²) >= 11 is 0. The van der Waals surface area contributed by atoms with Gasteiger partial charge in [-0.25, -0.2) is 0 Å². The van der Waals surface area contributed by atoms with E-state index in [2.05, 4.69) is 0 Å². The maximum Gasteiger partial charge on any atom is 0.137 e. The van der Waals surface area contributed by atoms with Crippen molar-refractivity contribution in [2.45, 2.75) is 33.8 Å². The van der Waals surface area contributed by atoms with Crippen LogP contribution in [-0.2, 0) is 4.79 Å². The van der Waals surface area contributed by atoms with Gasteiger partial charge in [-0.1, -0.05) is 13.8 Å². The maximum atomic E-state index is 10.7. The van der Waals surface area contributed by atoms with E-state index in [4.69, 9.17) is 5.11 Å². The van der Waals surface area contributed by atoms with Gasteiger partial charge >= 0.3 is 0 Å². The Labute approximate surface area is 55.9 Å². The van der Waals surface area contributed by atoms with Gasteiger partial charge in [0.2, 0.25) is 0 Å². The molecule has 1 N–H and O–H groups in total. The lowest BCUT2D eigenvalue weighted by molar-refractivity contribution is -0.129. The van der Waals surface area contributed by atoms with Gasteiger partial charge in [-0.3, -0.25) is 4.79 Å². The molecule has 1 unspecified atom stereocenters. The summed E-state index contributed by atoms with van der Waals surface area (Å²) in [5, 5.41) is 9.03. The summed E-state index contributed by atoms with van der Waals surface area (Å²) < 4.78 is 0. The first kappa shape index (κ1) is 8.63. The number of hydrogen-bond acceptors (Lipinski definition) is 2. The minimum Gasteiger partial charge on any atom is -0.392 e. The zero-order valence-electron chi connectivity index (χ0n) is 6.43. The molecule has 0 aliphatic heterocycles. The molecular formula is C7H14O2. The molecule has 0 aromatic rings. The van der Waals surface area contributed by atoms with E-state index in [1.165, 1.54) is 6.92 Å². The van der Waals surface area contributed by atoms with Crippen molar-refractivity contribution in [1.82, 2.24) is 0 Å². The number of carbonyl (C=O) groups excluding carboxylic acids is 1. The van der Waals surface area contributed by atoms with Gasteiger partial charge in [0.05, 0.1) is 6.10 Å². The van der Waals surface area contributed by atoms with Crippen molar-refractivity contribution >= 4 is 5.78 Å². The molecule has 0 heterocycles. The van der Waals surface area contributed by atoms with Gasteiger partial charge in [-0.05, 0) is 13.8 Å². The van der Waals surface area contributed by atoms with E-state index in [9.17, 15) is 4.79 Å². The lowest BCUT2D eigenvalue weighted by Crippen LogP contribution is -2.33. The third-order valence-corrected chi connectivity index (χ3v) is 1.95. The van der Waals surface area contributed by atoms with Crippen LogP contribution >= 0.6 is 0 Å². The summed E-state index contributed by atoms with van der Waals surface area (Å²) in [6.45, 7) is 6.59. The molecule has 9 heavy (non-hydrogen) atoms. The van der Waals surface area contributed by atoms with Crippen LogP contribution in [0.5, 0.6) is 0 Å². The average molecular weight is 130 g/mol. The van der Waals surface area contributed by atoms with Gasteiger partial charge in [0.1, 0.15) is 5.78 Å². The minimum atomic E-state index is -0.583. The number of carbonyl (C=O) groups is 1. The van der Waals surface area contributed by atoms with E-state index >= 15 is 0 Å². The quantitative estimate of drug-likeness (QED) is 0.605. The van der Waals surface area contributed by atoms with E-state index in [0.29, 0.717) is 0 Å². The summed E-state index contributed by atoms with van der Waals surface area (Å²) in [5.41, 5.74) is -0.583. The Morgan fingerprint density at radius 3 is 1.89 bits per heavy atom. The van der Waals surface area contributed by atoms with Gasteiger partial charge in [-0.15, -0.1) is 0 Å². The molecule has 0 radical (unpaired) electrons. The summed E-state index contributed by atoms with van der Waals surface area (Å²) in [6, 6.07) is 0. The molecule has 0 saturated heterocycles. The molecule has 0 saturated carbocycles. The molecule has 0 amide bonds. The molecule has 0 rings (SSSR count). The highest BCUT2D eigenvalue weighted by Crippen LogP contribution is 2.20. The highest BCUT2D eigenvalue weighted by Gasteiger charge is 2.28. The van der Waals surface area contributed by atoms with Crippen molar-refractivity contribution in [3.05, 3.63) is 0 Å². The van der Waals surface area contributed by atoms with Crippen LogP contribution in [0.3, 0.4) is 0 Å². The zero-order chi connectivity index (χ0) is 7.65. The van der Waals surface area contributed by atoms with Gasteiger partial charge in [0, 0.05) is 5.41 Å². The molecular weight excluding hydrogens is 116 g/mol. The van der Waals surface area contributed by atoms with E-state index in [-0.39, 0.29) is 5.78 Å². The Morgan fingerprint density at radius 2 is 1.89 bits per heavy atom. The van der Waals surface area contributed by atoms with Gasteiger partial charge in [-0.2, -0.15) is 0 Å². The van der Waals surface area contributed by atoms with Gasteiger partial charge in [0.25, 0.3) is 0 Å². The number of Topliss-reactive ketones (excluding diaryl/α,β-unsaturated/α-hetero) is 1. The molecule has 0 aromatic heterocycles. The molecule has 0 aliphatic rings.